The molecule has 18 heavy (non-hydrogen) atoms. The van der Waals surface area contributed by atoms with Gasteiger partial charge in [0.1, 0.15) is 12.0 Å². The molecule has 0 spiro atoms. The Labute approximate surface area is 106 Å². The van der Waals surface area contributed by atoms with Crippen molar-refractivity contribution >= 4 is 11.8 Å². The molecule has 96 valence electrons. The number of ketones is 1. The molecule has 2 rings (SSSR count). The van der Waals surface area contributed by atoms with E-state index in [0.717, 1.165) is 5.56 Å². The molecule has 0 unspecified atom stereocenters. The van der Waals surface area contributed by atoms with Gasteiger partial charge in [0.2, 0.25) is 0 Å². The van der Waals surface area contributed by atoms with E-state index >= 15 is 0 Å². The van der Waals surface area contributed by atoms with Crippen LogP contribution >= 0.6 is 0 Å². The zero-order valence-corrected chi connectivity index (χ0v) is 10.3. The maximum Gasteiger partial charge on any atom is 0.313 e. The molecule has 4 nitrogen and oxygen atoms in total. The van der Waals surface area contributed by atoms with Gasteiger partial charge in [-0.2, -0.15) is 0 Å². The summed E-state index contributed by atoms with van der Waals surface area (Å²) in [6, 6.07) is 9.08. The minimum atomic E-state index is -0.548. The minimum Gasteiger partial charge on any atom is -0.461 e. The number of ether oxygens (including phenoxy) is 1. The molecule has 0 bridgehead atoms. The second kappa shape index (κ2) is 5.31. The fraction of sp³-hybridized carbons (Fsp3) is 0.429. The Kier molecular flexibility index (Phi) is 3.77. The number of hydrogen-bond donors (Lipinski definition) is 1. The number of nitrogens with two attached hydrogens (primary N) is 1. The van der Waals surface area contributed by atoms with Crippen molar-refractivity contribution in [2.24, 2.45) is 11.7 Å². The highest BCUT2D eigenvalue weighted by Crippen LogP contribution is 2.25. The molecular weight excluding hydrogens is 230 g/mol. The highest BCUT2D eigenvalue weighted by atomic mass is 16.6. The molecule has 2 N–H and O–H groups in total. The number of Topliss-reactive ketones (excluding diaryl/α,β-unsaturated/α-hetero) is 1. The monoisotopic (exact) mass is 247 g/mol. The van der Waals surface area contributed by atoms with Crippen LogP contribution in [0.15, 0.2) is 30.3 Å². The number of hydrogen-bond acceptors (Lipinski definition) is 4. The molecule has 1 aromatic carbocycles. The fourth-order valence-corrected chi connectivity index (χ4v) is 2.07. The standard InChI is InChI=1S/C14H17NO3/c1-9-11(14(17)18-9)8-13(16)12(15)7-10-5-3-2-4-6-10/h2-6,9,11-12H,7-8,15H2,1H3/t9-,11+,12-/m1/s1. The zero-order valence-electron chi connectivity index (χ0n) is 10.3. The van der Waals surface area contributed by atoms with Gasteiger partial charge in [-0.15, -0.1) is 0 Å². The van der Waals surface area contributed by atoms with Crippen molar-refractivity contribution in [2.75, 3.05) is 0 Å². The third kappa shape index (κ3) is 2.76. The minimum absolute atomic E-state index is 0.0765. The van der Waals surface area contributed by atoms with E-state index in [1.54, 1.807) is 6.92 Å². The van der Waals surface area contributed by atoms with E-state index in [1.807, 2.05) is 30.3 Å². The molecule has 0 radical (unpaired) electrons. The van der Waals surface area contributed by atoms with Gasteiger partial charge in [0.25, 0.3) is 0 Å². The highest BCUT2D eigenvalue weighted by Gasteiger charge is 2.40. The third-order valence-electron chi connectivity index (χ3n) is 3.30. The largest absolute Gasteiger partial charge is 0.461 e. The lowest BCUT2D eigenvalue weighted by atomic mass is 9.89. The van der Waals surface area contributed by atoms with Crippen molar-refractivity contribution < 1.29 is 14.3 Å². The van der Waals surface area contributed by atoms with Gasteiger partial charge in [-0.25, -0.2) is 0 Å². The number of cyclic esters (lactones) is 1. The summed E-state index contributed by atoms with van der Waals surface area (Å²) in [5.41, 5.74) is 6.90. The smallest absolute Gasteiger partial charge is 0.313 e. The molecule has 1 fully saturated rings. The van der Waals surface area contributed by atoms with Gasteiger partial charge in [-0.05, 0) is 18.9 Å². The van der Waals surface area contributed by atoms with Crippen LogP contribution in [0, 0.1) is 5.92 Å². The molecule has 1 aliphatic rings. The first-order valence-electron chi connectivity index (χ1n) is 6.10. The van der Waals surface area contributed by atoms with Crippen molar-refractivity contribution in [2.45, 2.75) is 31.9 Å². The normalized spacial score (nSPS) is 24.0. The second-order valence-electron chi connectivity index (χ2n) is 4.72. The Balaban J connectivity index is 1.87. The summed E-state index contributed by atoms with van der Waals surface area (Å²) in [6.45, 7) is 1.79. The van der Waals surface area contributed by atoms with E-state index in [9.17, 15) is 9.59 Å². The Hall–Kier alpha value is -1.68. The molecule has 1 saturated heterocycles. The van der Waals surface area contributed by atoms with Crippen LogP contribution < -0.4 is 5.73 Å². The summed E-state index contributed by atoms with van der Waals surface area (Å²) in [4.78, 5) is 23.1. The van der Waals surface area contributed by atoms with Gasteiger partial charge in [-0.3, -0.25) is 9.59 Å². The summed E-state index contributed by atoms with van der Waals surface area (Å²) < 4.78 is 4.82. The molecule has 0 aliphatic carbocycles. The summed E-state index contributed by atoms with van der Waals surface area (Å²) in [5.74, 6) is -0.672. The van der Waals surface area contributed by atoms with Gasteiger partial charge < -0.3 is 10.5 Å². The Morgan fingerprint density at radius 3 is 2.61 bits per heavy atom. The first-order chi connectivity index (χ1) is 8.58. The molecule has 0 amide bonds. The Morgan fingerprint density at radius 1 is 1.39 bits per heavy atom. The van der Waals surface area contributed by atoms with Crippen molar-refractivity contribution in [3.63, 3.8) is 0 Å². The van der Waals surface area contributed by atoms with Gasteiger partial charge in [0.05, 0.1) is 6.04 Å². The lowest BCUT2D eigenvalue weighted by molar-refractivity contribution is -0.183. The molecule has 1 aliphatic heterocycles. The first kappa shape index (κ1) is 12.8. The maximum atomic E-state index is 11.9. The fourth-order valence-electron chi connectivity index (χ4n) is 2.07. The lowest BCUT2D eigenvalue weighted by Crippen LogP contribution is -2.46. The Morgan fingerprint density at radius 2 is 2.06 bits per heavy atom. The molecular formula is C14H17NO3. The summed E-state index contributed by atoms with van der Waals surface area (Å²) in [5, 5.41) is 0. The summed E-state index contributed by atoms with van der Waals surface area (Å²) >= 11 is 0. The molecule has 0 saturated carbocycles. The van der Waals surface area contributed by atoms with Gasteiger partial charge in [-0.1, -0.05) is 30.3 Å². The highest BCUT2D eigenvalue weighted by molar-refractivity contribution is 5.90. The molecule has 1 heterocycles. The van der Waals surface area contributed by atoms with E-state index < -0.39 is 6.04 Å². The predicted molar refractivity (Wildman–Crippen MR) is 66.8 cm³/mol. The SMILES string of the molecule is C[C@H]1OC(=O)[C@H]1CC(=O)[C@H](N)Cc1ccccc1. The van der Waals surface area contributed by atoms with Crippen LogP contribution in [0.1, 0.15) is 18.9 Å². The van der Waals surface area contributed by atoms with Crippen LogP contribution in [0.4, 0.5) is 0 Å². The van der Waals surface area contributed by atoms with E-state index in [-0.39, 0.29) is 30.2 Å². The summed E-state index contributed by atoms with van der Waals surface area (Å²) in [7, 11) is 0. The van der Waals surface area contributed by atoms with Crippen molar-refractivity contribution in [1.29, 1.82) is 0 Å². The number of esters is 1. The van der Waals surface area contributed by atoms with Crippen LogP contribution in [0.2, 0.25) is 0 Å². The molecule has 3 atom stereocenters. The zero-order chi connectivity index (χ0) is 13.1. The van der Waals surface area contributed by atoms with E-state index in [1.165, 1.54) is 0 Å². The maximum absolute atomic E-state index is 11.9. The van der Waals surface area contributed by atoms with Gasteiger partial charge in [0, 0.05) is 6.42 Å². The van der Waals surface area contributed by atoms with E-state index in [0.29, 0.717) is 6.42 Å². The van der Waals surface area contributed by atoms with E-state index in [4.69, 9.17) is 10.5 Å². The van der Waals surface area contributed by atoms with Crippen molar-refractivity contribution in [3.8, 4) is 0 Å². The average Bonchev–Trinajstić information content (AvgIpc) is 2.37. The van der Waals surface area contributed by atoms with Crippen LogP contribution in [0.3, 0.4) is 0 Å². The van der Waals surface area contributed by atoms with Crippen LogP contribution in [-0.2, 0) is 20.7 Å². The summed E-state index contributed by atoms with van der Waals surface area (Å²) in [6.07, 6.45) is 0.537. The van der Waals surface area contributed by atoms with E-state index in [2.05, 4.69) is 0 Å². The lowest BCUT2D eigenvalue weighted by Gasteiger charge is -2.32. The van der Waals surface area contributed by atoms with Crippen LogP contribution in [-0.4, -0.2) is 23.9 Å². The first-order valence-corrected chi connectivity index (χ1v) is 6.10. The van der Waals surface area contributed by atoms with Crippen molar-refractivity contribution in [1.82, 2.24) is 0 Å². The molecule has 1 aromatic rings. The second-order valence-corrected chi connectivity index (χ2v) is 4.72. The predicted octanol–water partition coefficient (Wildman–Crippen LogP) is 1.08. The number of carbonyl (C=O) groups is 2. The number of benzene rings is 1. The molecule has 0 aromatic heterocycles. The Bertz CT molecular complexity index is 444. The van der Waals surface area contributed by atoms with Crippen LogP contribution in [0.5, 0.6) is 0 Å². The van der Waals surface area contributed by atoms with Gasteiger partial charge >= 0.3 is 5.97 Å². The average molecular weight is 247 g/mol. The number of carbonyl (C=O) groups excluding carboxylic acids is 2. The quantitative estimate of drug-likeness (QED) is 0.790. The number of rotatable bonds is 5. The van der Waals surface area contributed by atoms with Crippen LogP contribution in [0.25, 0.3) is 0 Å². The topological polar surface area (TPSA) is 69.4 Å². The van der Waals surface area contributed by atoms with Gasteiger partial charge in [0.15, 0.2) is 5.78 Å². The third-order valence-corrected chi connectivity index (χ3v) is 3.30. The molecule has 4 heteroatoms. The van der Waals surface area contributed by atoms with Crippen molar-refractivity contribution in [3.05, 3.63) is 35.9 Å².